The van der Waals surface area contributed by atoms with Gasteiger partial charge < -0.3 is 35.2 Å². The Morgan fingerprint density at radius 2 is 1.71 bits per heavy atom. The lowest BCUT2D eigenvalue weighted by atomic mass is 9.93. The molecule has 13 nitrogen and oxygen atoms in total. The van der Waals surface area contributed by atoms with Crippen LogP contribution in [0, 0.1) is 12.8 Å². The SMILES string of the molecule is COCCN1CC(=O)N[C@@H](Cc2ccccc2)C(=O)N[C@@H]2CN(C(=O)c3ccc(C)nc3)C[C@H]2c2cccc(c2)OCC(=O)N[C@H](CC(C)C)C1=O. The highest BCUT2D eigenvalue weighted by molar-refractivity contribution is 5.95. The first-order valence-corrected chi connectivity index (χ1v) is 17.7. The molecule has 2 aliphatic heterocycles. The summed E-state index contributed by atoms with van der Waals surface area (Å²) in [4.78, 5) is 76.0. The number of aromatic nitrogens is 1. The number of nitrogens with one attached hydrogen (secondary N) is 3. The number of amides is 5. The maximum atomic E-state index is 14.2. The van der Waals surface area contributed by atoms with Crippen LogP contribution in [0.5, 0.6) is 5.75 Å². The van der Waals surface area contributed by atoms with Gasteiger partial charge in [0, 0.05) is 51.0 Å². The van der Waals surface area contributed by atoms with Gasteiger partial charge in [-0.15, -0.1) is 0 Å². The second-order valence-corrected chi connectivity index (χ2v) is 13.8. The van der Waals surface area contributed by atoms with Crippen molar-refractivity contribution >= 4 is 29.5 Å². The fourth-order valence-corrected chi connectivity index (χ4v) is 6.59. The summed E-state index contributed by atoms with van der Waals surface area (Å²) in [6.07, 6.45) is 2.07. The molecule has 1 saturated heterocycles. The van der Waals surface area contributed by atoms with Crippen LogP contribution in [0.1, 0.15) is 53.4 Å². The average Bonchev–Trinajstić information content (AvgIpc) is 3.55. The molecule has 3 N–H and O–H groups in total. The molecule has 0 saturated carbocycles. The van der Waals surface area contributed by atoms with Gasteiger partial charge in [0.05, 0.1) is 24.8 Å². The quantitative estimate of drug-likeness (QED) is 0.321. The fourth-order valence-electron chi connectivity index (χ4n) is 6.59. The molecule has 2 aromatic carbocycles. The van der Waals surface area contributed by atoms with Gasteiger partial charge in [-0.1, -0.05) is 56.3 Å². The Labute approximate surface area is 304 Å². The molecule has 2 aliphatic rings. The van der Waals surface area contributed by atoms with Gasteiger partial charge in [-0.2, -0.15) is 0 Å². The molecule has 1 fully saturated rings. The molecular weight excluding hydrogens is 664 g/mol. The van der Waals surface area contributed by atoms with Gasteiger partial charge in [0.25, 0.3) is 11.8 Å². The number of methoxy groups -OCH3 is 1. The van der Waals surface area contributed by atoms with Gasteiger partial charge in [-0.25, -0.2) is 0 Å². The summed E-state index contributed by atoms with van der Waals surface area (Å²) in [5, 5.41) is 8.84. The predicted octanol–water partition coefficient (Wildman–Crippen LogP) is 2.24. The molecule has 4 atom stereocenters. The number of aryl methyl sites for hydroxylation is 1. The number of rotatable bonds is 8. The van der Waals surface area contributed by atoms with Crippen molar-refractivity contribution in [1.29, 1.82) is 0 Å². The summed E-state index contributed by atoms with van der Waals surface area (Å²) in [7, 11) is 1.50. The maximum absolute atomic E-state index is 14.2. The minimum absolute atomic E-state index is 0.0508. The second kappa shape index (κ2) is 17.8. The van der Waals surface area contributed by atoms with E-state index < -0.39 is 41.8 Å². The lowest BCUT2D eigenvalue weighted by molar-refractivity contribution is -0.141. The van der Waals surface area contributed by atoms with E-state index in [1.54, 1.807) is 41.4 Å². The van der Waals surface area contributed by atoms with E-state index >= 15 is 0 Å². The third kappa shape index (κ3) is 10.2. The van der Waals surface area contributed by atoms with Crippen LogP contribution in [-0.2, 0) is 30.3 Å². The number of carbonyl (C=O) groups excluding carboxylic acids is 5. The van der Waals surface area contributed by atoms with Crippen LogP contribution in [0.25, 0.3) is 0 Å². The summed E-state index contributed by atoms with van der Waals surface area (Å²) >= 11 is 0. The molecule has 3 heterocycles. The van der Waals surface area contributed by atoms with Crippen LogP contribution in [0.2, 0.25) is 0 Å². The molecule has 0 aliphatic carbocycles. The molecule has 1 aromatic heterocycles. The largest absolute Gasteiger partial charge is 0.484 e. The van der Waals surface area contributed by atoms with Crippen LogP contribution in [-0.4, -0.2) is 109 Å². The summed E-state index contributed by atoms with van der Waals surface area (Å²) in [5.74, 6) is -1.98. The van der Waals surface area contributed by atoms with Gasteiger partial charge in [0.15, 0.2) is 6.61 Å². The molecule has 0 radical (unpaired) electrons. The minimum atomic E-state index is -0.999. The number of ether oxygens (including phenoxy) is 2. The molecule has 52 heavy (non-hydrogen) atoms. The van der Waals surface area contributed by atoms with E-state index in [-0.39, 0.29) is 57.0 Å². The predicted molar refractivity (Wildman–Crippen MR) is 193 cm³/mol. The number of likely N-dealkylation sites (tertiary alicyclic amines) is 1. The lowest BCUT2D eigenvalue weighted by Gasteiger charge is -2.29. The molecule has 5 rings (SSSR count). The summed E-state index contributed by atoms with van der Waals surface area (Å²) < 4.78 is 11.2. The zero-order valence-corrected chi connectivity index (χ0v) is 30.2. The Bertz CT molecular complexity index is 1720. The van der Waals surface area contributed by atoms with Crippen molar-refractivity contribution in [3.63, 3.8) is 0 Å². The van der Waals surface area contributed by atoms with E-state index in [2.05, 4.69) is 20.9 Å². The van der Waals surface area contributed by atoms with Gasteiger partial charge in [0.1, 0.15) is 17.8 Å². The monoisotopic (exact) mass is 712 g/mol. The van der Waals surface area contributed by atoms with Gasteiger partial charge >= 0.3 is 0 Å². The Morgan fingerprint density at radius 3 is 2.42 bits per heavy atom. The summed E-state index contributed by atoms with van der Waals surface area (Å²) in [6, 6.07) is 17.6. The van der Waals surface area contributed by atoms with Crippen molar-refractivity contribution in [1.82, 2.24) is 30.7 Å². The van der Waals surface area contributed by atoms with Crippen molar-refractivity contribution < 1.29 is 33.4 Å². The van der Waals surface area contributed by atoms with Crippen molar-refractivity contribution in [3.8, 4) is 5.75 Å². The topological polar surface area (TPSA) is 159 Å². The molecule has 3 aromatic rings. The normalized spacial score (nSPS) is 21.7. The highest BCUT2D eigenvalue weighted by Crippen LogP contribution is 2.31. The third-order valence-corrected chi connectivity index (χ3v) is 9.24. The van der Waals surface area contributed by atoms with E-state index in [1.807, 2.05) is 57.2 Å². The van der Waals surface area contributed by atoms with Gasteiger partial charge in [-0.3, -0.25) is 29.0 Å². The van der Waals surface area contributed by atoms with E-state index in [1.165, 1.54) is 12.0 Å². The van der Waals surface area contributed by atoms with E-state index in [0.29, 0.717) is 24.3 Å². The number of hydrogen-bond acceptors (Lipinski definition) is 8. The number of nitrogens with zero attached hydrogens (tertiary/aromatic N) is 3. The van der Waals surface area contributed by atoms with Crippen LogP contribution < -0.4 is 20.7 Å². The third-order valence-electron chi connectivity index (χ3n) is 9.24. The number of benzene rings is 2. The Hall–Kier alpha value is -5.30. The standard InChI is InChI=1S/C39H48N6O7/c1-25(2)17-33-39(50)44(15-16-51-4)23-35(46)41-32(18-27-9-6-5-7-10-27)37(48)43-34-22-45(38(49)29-14-13-26(3)40-20-29)21-31(34)28-11-8-12-30(19-28)52-24-36(47)42-33/h5-14,19-20,25,31-34H,15-18,21-24H2,1-4H3,(H,41,46)(H,42,47)(H,43,48)/t31-,32-,33+,34+/m0/s1. The molecule has 0 unspecified atom stereocenters. The number of fused-ring (bicyclic) bond motifs is 4. The first-order chi connectivity index (χ1) is 25.0. The van der Waals surface area contributed by atoms with Crippen LogP contribution in [0.15, 0.2) is 72.9 Å². The smallest absolute Gasteiger partial charge is 0.258 e. The first kappa shape index (κ1) is 37.9. The minimum Gasteiger partial charge on any atom is -0.484 e. The molecule has 13 heteroatoms. The van der Waals surface area contributed by atoms with Crippen LogP contribution in [0.4, 0.5) is 0 Å². The second-order valence-electron chi connectivity index (χ2n) is 13.8. The van der Waals surface area contributed by atoms with Crippen molar-refractivity contribution in [2.75, 3.05) is 46.5 Å². The van der Waals surface area contributed by atoms with Crippen molar-refractivity contribution in [2.45, 2.75) is 57.7 Å². The van der Waals surface area contributed by atoms with Crippen molar-refractivity contribution in [2.24, 2.45) is 5.92 Å². The summed E-state index contributed by atoms with van der Waals surface area (Å²) in [5.41, 5.74) is 2.85. The molecule has 276 valence electrons. The van der Waals surface area contributed by atoms with Crippen molar-refractivity contribution in [3.05, 3.63) is 95.3 Å². The number of pyridine rings is 1. The number of hydrogen-bond donors (Lipinski definition) is 3. The molecule has 5 amide bonds. The molecular formula is C39H48N6O7. The maximum Gasteiger partial charge on any atom is 0.258 e. The highest BCUT2D eigenvalue weighted by Gasteiger charge is 2.39. The summed E-state index contributed by atoms with van der Waals surface area (Å²) in [6.45, 7) is 5.78. The Kier molecular flexibility index (Phi) is 13.0. The molecule has 0 spiro atoms. The lowest BCUT2D eigenvalue weighted by Crippen LogP contribution is -2.56. The zero-order chi connectivity index (χ0) is 37.2. The highest BCUT2D eigenvalue weighted by atomic mass is 16.5. The van der Waals surface area contributed by atoms with Gasteiger partial charge in [-0.05, 0) is 54.7 Å². The number of carbonyl (C=O) groups is 5. The fraction of sp³-hybridized carbons (Fsp3) is 0.436. The van der Waals surface area contributed by atoms with E-state index in [0.717, 1.165) is 16.8 Å². The van der Waals surface area contributed by atoms with Gasteiger partial charge in [0.2, 0.25) is 17.7 Å². The van der Waals surface area contributed by atoms with Crippen LogP contribution >= 0.6 is 0 Å². The average molecular weight is 713 g/mol. The zero-order valence-electron chi connectivity index (χ0n) is 30.2. The Balaban J connectivity index is 1.50. The Morgan fingerprint density at radius 1 is 0.942 bits per heavy atom. The molecule has 2 bridgehead atoms. The van der Waals surface area contributed by atoms with Crippen LogP contribution in [0.3, 0.4) is 0 Å². The van der Waals surface area contributed by atoms with E-state index in [9.17, 15) is 24.0 Å². The first-order valence-electron chi connectivity index (χ1n) is 17.7. The van der Waals surface area contributed by atoms with E-state index in [4.69, 9.17) is 9.47 Å².